The maximum Gasteiger partial charge on any atom is 0.237 e. The third-order valence-electron chi connectivity index (χ3n) is 3.69. The van der Waals surface area contributed by atoms with Crippen molar-refractivity contribution in [3.8, 4) is 17.5 Å². The van der Waals surface area contributed by atoms with Crippen molar-refractivity contribution in [3.63, 3.8) is 0 Å². The summed E-state index contributed by atoms with van der Waals surface area (Å²) in [5.74, 6) is 0.546. The van der Waals surface area contributed by atoms with Crippen LogP contribution in [0.5, 0.6) is 5.75 Å². The molecule has 27 heavy (non-hydrogen) atoms. The van der Waals surface area contributed by atoms with Crippen LogP contribution in [0.2, 0.25) is 0 Å². The number of aromatic nitrogens is 4. The Labute approximate surface area is 160 Å². The summed E-state index contributed by atoms with van der Waals surface area (Å²) in [6.07, 6.45) is 0. The Morgan fingerprint density at radius 2 is 1.93 bits per heavy atom. The molecule has 1 amide bonds. The zero-order valence-corrected chi connectivity index (χ0v) is 15.5. The fourth-order valence-electron chi connectivity index (χ4n) is 2.22. The number of ether oxygens (including phenoxy) is 1. The molecule has 3 aromatic rings. The van der Waals surface area contributed by atoms with Crippen LogP contribution in [-0.4, -0.2) is 38.5 Å². The Morgan fingerprint density at radius 1 is 1.22 bits per heavy atom. The minimum absolute atomic E-state index is 0.186. The summed E-state index contributed by atoms with van der Waals surface area (Å²) in [5.41, 5.74) is 1.93. The molecule has 0 spiro atoms. The lowest BCUT2D eigenvalue weighted by Crippen LogP contribution is -2.22. The molecule has 1 atom stereocenters. The number of anilines is 1. The van der Waals surface area contributed by atoms with Crippen molar-refractivity contribution < 1.29 is 9.53 Å². The fourth-order valence-corrected chi connectivity index (χ4v) is 3.03. The summed E-state index contributed by atoms with van der Waals surface area (Å²) in [5, 5.41) is 23.4. The molecule has 0 unspecified atom stereocenters. The zero-order chi connectivity index (χ0) is 19.2. The van der Waals surface area contributed by atoms with Gasteiger partial charge in [-0.15, -0.1) is 5.10 Å². The van der Waals surface area contributed by atoms with Gasteiger partial charge in [-0.25, -0.2) is 0 Å². The van der Waals surface area contributed by atoms with E-state index in [1.165, 1.54) is 11.8 Å². The molecule has 0 bridgehead atoms. The van der Waals surface area contributed by atoms with Crippen LogP contribution in [0.3, 0.4) is 0 Å². The standard InChI is InChI=1S/C18H16N6O2S/c1-12(17(25)20-14-5-3-13(11-19)4-6-14)27-18-21-22-23-24(18)15-7-9-16(26-2)10-8-15/h3-10,12H,1-2H3,(H,20,25)/t12-/m1/s1. The van der Waals surface area contributed by atoms with Gasteiger partial charge in [-0.2, -0.15) is 9.94 Å². The average molecular weight is 380 g/mol. The molecule has 1 N–H and O–H groups in total. The van der Waals surface area contributed by atoms with Crippen molar-refractivity contribution in [2.45, 2.75) is 17.3 Å². The SMILES string of the molecule is COc1ccc(-n2nnnc2S[C@H](C)C(=O)Nc2ccc(C#N)cc2)cc1. The number of rotatable bonds is 6. The van der Waals surface area contributed by atoms with Crippen molar-refractivity contribution in [1.29, 1.82) is 5.26 Å². The second-order valence-corrected chi connectivity index (χ2v) is 6.82. The molecule has 0 radical (unpaired) electrons. The number of nitrogens with zero attached hydrogens (tertiary/aromatic N) is 5. The average Bonchev–Trinajstić information content (AvgIpc) is 3.16. The lowest BCUT2D eigenvalue weighted by Gasteiger charge is -2.12. The number of carbonyl (C=O) groups is 1. The Kier molecular flexibility index (Phi) is 5.68. The minimum Gasteiger partial charge on any atom is -0.497 e. The normalized spacial score (nSPS) is 11.4. The van der Waals surface area contributed by atoms with Crippen molar-refractivity contribution in [2.75, 3.05) is 12.4 Å². The van der Waals surface area contributed by atoms with Gasteiger partial charge in [0.2, 0.25) is 11.1 Å². The number of methoxy groups -OCH3 is 1. The molecule has 0 saturated heterocycles. The Hall–Kier alpha value is -3.38. The van der Waals surface area contributed by atoms with Gasteiger partial charge in [-0.1, -0.05) is 11.8 Å². The van der Waals surface area contributed by atoms with Crippen LogP contribution in [0.4, 0.5) is 5.69 Å². The number of benzene rings is 2. The van der Waals surface area contributed by atoms with Crippen LogP contribution in [0.1, 0.15) is 12.5 Å². The minimum atomic E-state index is -0.427. The van der Waals surface area contributed by atoms with E-state index in [0.29, 0.717) is 16.4 Å². The third kappa shape index (κ3) is 4.43. The number of tetrazole rings is 1. The molecule has 0 saturated carbocycles. The van der Waals surface area contributed by atoms with Crippen LogP contribution < -0.4 is 10.1 Å². The second kappa shape index (κ2) is 8.33. The highest BCUT2D eigenvalue weighted by atomic mass is 32.2. The van der Waals surface area contributed by atoms with E-state index in [-0.39, 0.29) is 5.91 Å². The molecular formula is C18H16N6O2S. The lowest BCUT2D eigenvalue weighted by molar-refractivity contribution is -0.115. The first-order valence-electron chi connectivity index (χ1n) is 8.01. The van der Waals surface area contributed by atoms with Crippen molar-refractivity contribution in [1.82, 2.24) is 20.2 Å². The Balaban J connectivity index is 1.68. The summed E-state index contributed by atoms with van der Waals surface area (Å²) in [7, 11) is 1.60. The number of hydrogen-bond acceptors (Lipinski definition) is 7. The largest absolute Gasteiger partial charge is 0.497 e. The van der Waals surface area contributed by atoms with Crippen LogP contribution in [0, 0.1) is 11.3 Å². The number of hydrogen-bond donors (Lipinski definition) is 1. The van der Waals surface area contributed by atoms with E-state index in [1.807, 2.05) is 30.3 Å². The van der Waals surface area contributed by atoms with Gasteiger partial charge in [0.25, 0.3) is 0 Å². The molecular weight excluding hydrogens is 364 g/mol. The molecule has 3 rings (SSSR count). The first-order chi connectivity index (χ1) is 13.1. The quantitative estimate of drug-likeness (QED) is 0.655. The van der Waals surface area contributed by atoms with Crippen LogP contribution in [-0.2, 0) is 4.79 Å². The summed E-state index contributed by atoms with van der Waals surface area (Å²) in [6, 6.07) is 16.0. The molecule has 0 aliphatic rings. The van der Waals surface area contributed by atoms with Gasteiger partial charge >= 0.3 is 0 Å². The number of carbonyl (C=O) groups excluding carboxylic acids is 1. The lowest BCUT2D eigenvalue weighted by atomic mass is 10.2. The second-order valence-electron chi connectivity index (χ2n) is 5.51. The highest BCUT2D eigenvalue weighted by Gasteiger charge is 2.19. The van der Waals surface area contributed by atoms with Crippen LogP contribution in [0.15, 0.2) is 53.7 Å². The van der Waals surface area contributed by atoms with Gasteiger partial charge in [-0.05, 0) is 65.9 Å². The van der Waals surface area contributed by atoms with Gasteiger partial charge in [0.05, 0.1) is 29.7 Å². The highest BCUT2D eigenvalue weighted by molar-refractivity contribution is 8.00. The molecule has 9 heteroatoms. The molecule has 8 nitrogen and oxygen atoms in total. The number of nitrogens with one attached hydrogen (secondary N) is 1. The summed E-state index contributed by atoms with van der Waals surface area (Å²) in [6.45, 7) is 1.77. The molecule has 1 heterocycles. The van der Waals surface area contributed by atoms with Gasteiger partial charge in [-0.3, -0.25) is 4.79 Å². The predicted octanol–water partition coefficient (Wildman–Crippen LogP) is 2.66. The molecule has 2 aromatic carbocycles. The van der Waals surface area contributed by atoms with Gasteiger partial charge in [0.1, 0.15) is 5.75 Å². The summed E-state index contributed by atoms with van der Waals surface area (Å²) in [4.78, 5) is 12.4. The topological polar surface area (TPSA) is 106 Å². The first-order valence-corrected chi connectivity index (χ1v) is 8.89. The smallest absolute Gasteiger partial charge is 0.237 e. The van der Waals surface area contributed by atoms with E-state index in [9.17, 15) is 4.79 Å². The summed E-state index contributed by atoms with van der Waals surface area (Å²) >= 11 is 1.25. The zero-order valence-electron chi connectivity index (χ0n) is 14.7. The van der Waals surface area contributed by atoms with E-state index < -0.39 is 5.25 Å². The van der Waals surface area contributed by atoms with E-state index in [0.717, 1.165) is 11.4 Å². The maximum atomic E-state index is 12.4. The van der Waals surface area contributed by atoms with Gasteiger partial charge in [0.15, 0.2) is 0 Å². The maximum absolute atomic E-state index is 12.4. The fraction of sp³-hybridized carbons (Fsp3) is 0.167. The highest BCUT2D eigenvalue weighted by Crippen LogP contribution is 2.24. The predicted molar refractivity (Wildman–Crippen MR) is 101 cm³/mol. The molecule has 0 aliphatic carbocycles. The van der Waals surface area contributed by atoms with Crippen molar-refractivity contribution >= 4 is 23.4 Å². The van der Waals surface area contributed by atoms with E-state index in [1.54, 1.807) is 43.0 Å². The molecule has 0 fully saturated rings. The molecule has 136 valence electrons. The summed E-state index contributed by atoms with van der Waals surface area (Å²) < 4.78 is 6.71. The monoisotopic (exact) mass is 380 g/mol. The van der Waals surface area contributed by atoms with Crippen LogP contribution in [0.25, 0.3) is 5.69 Å². The first kappa shape index (κ1) is 18.4. The molecule has 0 aliphatic heterocycles. The van der Waals surface area contributed by atoms with Crippen molar-refractivity contribution in [2.24, 2.45) is 0 Å². The third-order valence-corrected chi connectivity index (χ3v) is 4.72. The number of thioether (sulfide) groups is 1. The van der Waals surface area contributed by atoms with Gasteiger partial charge in [0, 0.05) is 5.69 Å². The number of amides is 1. The van der Waals surface area contributed by atoms with E-state index in [2.05, 4.69) is 20.8 Å². The van der Waals surface area contributed by atoms with E-state index in [4.69, 9.17) is 10.00 Å². The van der Waals surface area contributed by atoms with E-state index >= 15 is 0 Å². The van der Waals surface area contributed by atoms with Crippen molar-refractivity contribution in [3.05, 3.63) is 54.1 Å². The molecule has 1 aromatic heterocycles. The van der Waals surface area contributed by atoms with Gasteiger partial charge < -0.3 is 10.1 Å². The van der Waals surface area contributed by atoms with Crippen LogP contribution >= 0.6 is 11.8 Å². The Bertz CT molecular complexity index is 963. The Morgan fingerprint density at radius 3 is 2.56 bits per heavy atom. The number of nitriles is 1.